The van der Waals surface area contributed by atoms with Crippen LogP contribution in [0.4, 0.5) is 4.39 Å². The Morgan fingerprint density at radius 1 is 0.897 bits per heavy atom. The Morgan fingerprint density at radius 2 is 1.62 bits per heavy atom. The summed E-state index contributed by atoms with van der Waals surface area (Å²) < 4.78 is 18.6. The third kappa shape index (κ3) is 4.51. The number of hydrogen-bond acceptors (Lipinski definition) is 4. The van der Waals surface area contributed by atoms with Crippen LogP contribution in [0.5, 0.6) is 0 Å². The number of nitrogens with zero attached hydrogens (tertiary/aromatic N) is 3. The maximum absolute atomic E-state index is 13.1. The Labute approximate surface area is 172 Å². The summed E-state index contributed by atoms with van der Waals surface area (Å²) in [5.41, 5.74) is 2.80. The number of ether oxygens (including phenoxy) is 1. The second kappa shape index (κ2) is 8.49. The third-order valence-corrected chi connectivity index (χ3v) is 7.14. The van der Waals surface area contributed by atoms with Crippen molar-refractivity contribution in [2.24, 2.45) is 23.7 Å². The summed E-state index contributed by atoms with van der Waals surface area (Å²) in [6.45, 7) is 5.75. The molecule has 154 valence electrons. The summed E-state index contributed by atoms with van der Waals surface area (Å²) in [4.78, 5) is 2.72. The van der Waals surface area contributed by atoms with E-state index in [2.05, 4.69) is 21.2 Å². The number of likely N-dealkylation sites (tertiary alicyclic amines) is 1. The molecule has 5 rings (SSSR count). The van der Waals surface area contributed by atoms with Gasteiger partial charge in [-0.2, -0.15) is 10.2 Å². The molecule has 0 N–H and O–H groups in total. The molecule has 2 saturated heterocycles. The Bertz CT molecular complexity index is 790. The van der Waals surface area contributed by atoms with E-state index in [1.807, 2.05) is 6.07 Å². The molecule has 3 heterocycles. The second-order valence-electron chi connectivity index (χ2n) is 9.25. The molecule has 5 heteroatoms. The maximum atomic E-state index is 13.1. The number of rotatable bonds is 5. The summed E-state index contributed by atoms with van der Waals surface area (Å²) >= 11 is 0. The molecule has 3 aliphatic rings. The lowest BCUT2D eigenvalue weighted by Crippen LogP contribution is -2.31. The molecule has 1 saturated carbocycles. The molecule has 1 aliphatic carbocycles. The smallest absolute Gasteiger partial charge is 0.123 e. The molecule has 0 radical (unpaired) electrons. The second-order valence-corrected chi connectivity index (χ2v) is 9.25. The van der Waals surface area contributed by atoms with Gasteiger partial charge in [-0.3, -0.25) is 0 Å². The number of benzene rings is 1. The molecule has 3 fully saturated rings. The molecule has 3 atom stereocenters. The molecule has 0 spiro atoms. The van der Waals surface area contributed by atoms with Gasteiger partial charge in [0.25, 0.3) is 0 Å². The monoisotopic (exact) mass is 395 g/mol. The van der Waals surface area contributed by atoms with Crippen LogP contribution in [0.25, 0.3) is 11.3 Å². The quantitative estimate of drug-likeness (QED) is 0.760. The van der Waals surface area contributed by atoms with Crippen molar-refractivity contribution in [3.05, 3.63) is 47.9 Å². The summed E-state index contributed by atoms with van der Waals surface area (Å²) in [6, 6.07) is 10.5. The Balaban J connectivity index is 1.12. The minimum absolute atomic E-state index is 0.226. The molecular weight excluding hydrogens is 365 g/mol. The topological polar surface area (TPSA) is 38.2 Å². The first-order chi connectivity index (χ1) is 14.2. The van der Waals surface area contributed by atoms with Crippen molar-refractivity contribution >= 4 is 0 Å². The van der Waals surface area contributed by atoms with Gasteiger partial charge in [-0.25, -0.2) is 4.39 Å². The van der Waals surface area contributed by atoms with Crippen molar-refractivity contribution in [2.75, 3.05) is 32.8 Å². The maximum Gasteiger partial charge on any atom is 0.123 e. The predicted octanol–water partition coefficient (Wildman–Crippen LogP) is 4.21. The number of aromatic nitrogens is 2. The summed E-state index contributed by atoms with van der Waals surface area (Å²) in [7, 11) is 0. The molecule has 2 aliphatic heterocycles. The van der Waals surface area contributed by atoms with Crippen molar-refractivity contribution in [3.8, 4) is 11.3 Å². The Kier molecular flexibility index (Phi) is 5.60. The number of fused-ring (bicyclic) bond motifs is 1. The van der Waals surface area contributed by atoms with E-state index in [9.17, 15) is 4.39 Å². The van der Waals surface area contributed by atoms with Crippen LogP contribution >= 0.6 is 0 Å². The number of hydrogen-bond donors (Lipinski definition) is 0. The van der Waals surface area contributed by atoms with Gasteiger partial charge in [0, 0.05) is 38.4 Å². The lowest BCUT2D eigenvalue weighted by Gasteiger charge is -2.27. The largest absolute Gasteiger partial charge is 0.381 e. The van der Waals surface area contributed by atoms with Gasteiger partial charge in [-0.1, -0.05) is 0 Å². The average Bonchev–Trinajstić information content (AvgIpc) is 3.28. The van der Waals surface area contributed by atoms with E-state index < -0.39 is 0 Å². The van der Waals surface area contributed by atoms with E-state index in [0.717, 1.165) is 60.3 Å². The third-order valence-electron chi connectivity index (χ3n) is 7.14. The van der Waals surface area contributed by atoms with Gasteiger partial charge in [0.05, 0.1) is 11.4 Å². The van der Waals surface area contributed by atoms with E-state index in [4.69, 9.17) is 4.74 Å². The zero-order chi connectivity index (χ0) is 19.6. The molecule has 0 bridgehead atoms. The van der Waals surface area contributed by atoms with E-state index in [0.29, 0.717) is 0 Å². The van der Waals surface area contributed by atoms with Crippen LogP contribution in [-0.4, -0.2) is 47.9 Å². The molecule has 4 nitrogen and oxygen atoms in total. The van der Waals surface area contributed by atoms with Gasteiger partial charge in [0.2, 0.25) is 0 Å². The summed E-state index contributed by atoms with van der Waals surface area (Å²) in [5.74, 6) is 3.09. The van der Waals surface area contributed by atoms with Crippen molar-refractivity contribution in [2.45, 2.75) is 32.1 Å². The van der Waals surface area contributed by atoms with Gasteiger partial charge in [-0.05, 0) is 92.2 Å². The van der Waals surface area contributed by atoms with Crippen LogP contribution in [0.2, 0.25) is 0 Å². The van der Waals surface area contributed by atoms with Gasteiger partial charge >= 0.3 is 0 Å². The van der Waals surface area contributed by atoms with Gasteiger partial charge in [0.1, 0.15) is 5.82 Å². The van der Waals surface area contributed by atoms with E-state index >= 15 is 0 Å². The van der Waals surface area contributed by atoms with Crippen molar-refractivity contribution in [1.82, 2.24) is 15.1 Å². The highest BCUT2D eigenvalue weighted by Gasteiger charge is 2.41. The van der Waals surface area contributed by atoms with Gasteiger partial charge < -0.3 is 9.64 Å². The molecule has 1 unspecified atom stereocenters. The highest BCUT2D eigenvalue weighted by Crippen LogP contribution is 2.43. The van der Waals surface area contributed by atoms with Crippen LogP contribution in [0, 0.1) is 29.5 Å². The SMILES string of the molecule is Fc1ccc(-c2ccc(CC3C[C@@H]4CN(CC5CCOCC5)C[C@@H]4C3)nn2)cc1. The molecular formula is C24H30FN3O. The highest BCUT2D eigenvalue weighted by atomic mass is 19.1. The standard InChI is InChI=1S/C24H30FN3O/c25-22-3-1-19(2-4-22)24-6-5-23(26-27-24)13-18-11-20-15-28(16-21(20)12-18)14-17-7-9-29-10-8-17/h1-6,17-18,20-21H,7-16H2/t18?,20-,21+. The van der Waals surface area contributed by atoms with Crippen LogP contribution in [0.15, 0.2) is 36.4 Å². The molecule has 1 aromatic carbocycles. The first-order valence-corrected chi connectivity index (χ1v) is 11.1. The fourth-order valence-corrected chi connectivity index (χ4v) is 5.67. The van der Waals surface area contributed by atoms with Crippen LogP contribution < -0.4 is 0 Å². The van der Waals surface area contributed by atoms with Gasteiger partial charge in [0.15, 0.2) is 0 Å². The average molecular weight is 396 g/mol. The first-order valence-electron chi connectivity index (χ1n) is 11.1. The molecule has 29 heavy (non-hydrogen) atoms. The predicted molar refractivity (Wildman–Crippen MR) is 111 cm³/mol. The van der Waals surface area contributed by atoms with E-state index in [-0.39, 0.29) is 5.82 Å². The fourth-order valence-electron chi connectivity index (χ4n) is 5.67. The summed E-state index contributed by atoms with van der Waals surface area (Å²) in [5, 5.41) is 8.84. The first kappa shape index (κ1) is 19.1. The lowest BCUT2D eigenvalue weighted by molar-refractivity contribution is 0.0544. The number of halogens is 1. The van der Waals surface area contributed by atoms with Crippen LogP contribution in [0.3, 0.4) is 0 Å². The fraction of sp³-hybridized carbons (Fsp3) is 0.583. The highest BCUT2D eigenvalue weighted by molar-refractivity contribution is 5.58. The van der Waals surface area contributed by atoms with Crippen molar-refractivity contribution < 1.29 is 9.13 Å². The zero-order valence-electron chi connectivity index (χ0n) is 17.0. The lowest BCUT2D eigenvalue weighted by atomic mass is 9.98. The Hall–Kier alpha value is -1.85. The van der Waals surface area contributed by atoms with Crippen LogP contribution in [-0.2, 0) is 11.2 Å². The van der Waals surface area contributed by atoms with E-state index in [1.54, 1.807) is 12.1 Å². The molecule has 0 amide bonds. The van der Waals surface area contributed by atoms with Crippen LogP contribution in [0.1, 0.15) is 31.4 Å². The normalized spacial score (nSPS) is 28.0. The van der Waals surface area contributed by atoms with Gasteiger partial charge in [-0.15, -0.1) is 0 Å². The van der Waals surface area contributed by atoms with Crippen molar-refractivity contribution in [1.29, 1.82) is 0 Å². The van der Waals surface area contributed by atoms with E-state index in [1.165, 1.54) is 57.5 Å². The minimum atomic E-state index is -0.226. The zero-order valence-corrected chi connectivity index (χ0v) is 17.0. The Morgan fingerprint density at radius 3 is 2.28 bits per heavy atom. The molecule has 1 aromatic heterocycles. The summed E-state index contributed by atoms with van der Waals surface area (Å²) in [6.07, 6.45) is 6.17. The minimum Gasteiger partial charge on any atom is -0.381 e. The molecule has 2 aromatic rings. The van der Waals surface area contributed by atoms with Crippen molar-refractivity contribution in [3.63, 3.8) is 0 Å².